The Balaban J connectivity index is 1.18. The summed E-state index contributed by atoms with van der Waals surface area (Å²) in [4.78, 5) is 5.39. The fourth-order valence-electron chi connectivity index (χ4n) is 13.3. The molecule has 0 radical (unpaired) electrons. The third-order valence-electron chi connectivity index (χ3n) is 17.5. The monoisotopic (exact) mass is 995 g/mol. The molecule has 0 bridgehead atoms. The van der Waals surface area contributed by atoms with E-state index < -0.39 is 0 Å². The minimum atomic E-state index is -0.0941. The molecule has 0 N–H and O–H groups in total. The average molecular weight is 995 g/mol. The first-order valence-corrected chi connectivity index (χ1v) is 27.9. The van der Waals surface area contributed by atoms with Gasteiger partial charge >= 0.3 is 0 Å². The molecule has 376 valence electrons. The minimum absolute atomic E-state index is 0.0603. The number of benzene rings is 12. The Morgan fingerprint density at radius 1 is 0.312 bits per heavy atom. The second-order valence-corrected chi connectivity index (χ2v) is 26.6. The summed E-state index contributed by atoms with van der Waals surface area (Å²) in [5, 5.41) is 15.4. The number of rotatable bonds is 3. The second-order valence-electron chi connectivity index (χ2n) is 26.6. The molecule has 0 fully saturated rings. The van der Waals surface area contributed by atoms with Crippen LogP contribution in [0.5, 0.6) is 0 Å². The van der Waals surface area contributed by atoms with Crippen LogP contribution < -0.4 is 26.2 Å². The van der Waals surface area contributed by atoms with Crippen LogP contribution in [-0.2, 0) is 21.7 Å². The van der Waals surface area contributed by atoms with Crippen molar-refractivity contribution < 1.29 is 0 Å². The topological polar surface area (TPSA) is 6.48 Å². The Bertz CT molecular complexity index is 4150. The van der Waals surface area contributed by atoms with Gasteiger partial charge in [-0.25, -0.2) is 0 Å². The van der Waals surface area contributed by atoms with Gasteiger partial charge in [-0.15, -0.1) is 0 Å². The zero-order valence-electron chi connectivity index (χ0n) is 46.9. The van der Waals surface area contributed by atoms with E-state index in [-0.39, 0.29) is 28.4 Å². The second kappa shape index (κ2) is 16.3. The molecule has 0 saturated heterocycles. The lowest BCUT2D eigenvalue weighted by Gasteiger charge is -2.46. The molecule has 0 amide bonds. The third-order valence-corrected chi connectivity index (χ3v) is 17.5. The van der Waals surface area contributed by atoms with Crippen LogP contribution >= 0.6 is 0 Å². The Morgan fingerprint density at radius 2 is 0.688 bits per heavy atom. The summed E-state index contributed by atoms with van der Waals surface area (Å²) in [5.41, 5.74) is 18.7. The van der Waals surface area contributed by atoms with Crippen LogP contribution in [0, 0.1) is 0 Å². The molecular formula is C74H67BN2. The molecule has 2 aliphatic rings. The number of hydrogen-bond donors (Lipinski definition) is 0. The summed E-state index contributed by atoms with van der Waals surface area (Å²) in [7, 11) is 0. The van der Waals surface area contributed by atoms with Crippen LogP contribution in [0.15, 0.2) is 188 Å². The van der Waals surface area contributed by atoms with Crippen molar-refractivity contribution in [3.8, 4) is 11.1 Å². The van der Waals surface area contributed by atoms with E-state index in [4.69, 9.17) is 0 Å². The van der Waals surface area contributed by atoms with Crippen molar-refractivity contribution in [1.29, 1.82) is 0 Å². The first-order valence-electron chi connectivity index (χ1n) is 27.9. The summed E-state index contributed by atoms with van der Waals surface area (Å²) >= 11 is 0. The van der Waals surface area contributed by atoms with Gasteiger partial charge in [-0.1, -0.05) is 235 Å². The van der Waals surface area contributed by atoms with E-state index in [1.807, 2.05) is 0 Å². The van der Waals surface area contributed by atoms with Gasteiger partial charge in [-0.05, 0) is 162 Å². The Kier molecular flexibility index (Phi) is 10.1. The van der Waals surface area contributed by atoms with Crippen LogP contribution in [0.25, 0.3) is 75.8 Å². The highest BCUT2D eigenvalue weighted by atomic mass is 15.2. The lowest BCUT2D eigenvalue weighted by molar-refractivity contribution is 0.568. The van der Waals surface area contributed by atoms with Gasteiger partial charge in [0.1, 0.15) is 0 Å². The third kappa shape index (κ3) is 7.22. The molecule has 0 aromatic heterocycles. The molecule has 77 heavy (non-hydrogen) atoms. The normalized spacial score (nSPS) is 13.9. The summed E-state index contributed by atoms with van der Waals surface area (Å²) in [6.45, 7) is 28.3. The molecule has 0 spiro atoms. The molecule has 12 aromatic carbocycles. The van der Waals surface area contributed by atoms with E-state index in [9.17, 15) is 0 Å². The number of anilines is 6. The quantitative estimate of drug-likeness (QED) is 0.0989. The summed E-state index contributed by atoms with van der Waals surface area (Å²) < 4.78 is 0. The molecule has 0 unspecified atom stereocenters. The highest BCUT2D eigenvalue weighted by molar-refractivity contribution is 7.00. The maximum Gasteiger partial charge on any atom is 0.252 e. The summed E-state index contributed by atoms with van der Waals surface area (Å²) in [6, 6.07) is 73.5. The molecule has 12 aromatic rings. The lowest BCUT2D eigenvalue weighted by atomic mass is 9.33. The fraction of sp³-hybridized carbons (Fsp3) is 0.216. The van der Waals surface area contributed by atoms with Gasteiger partial charge < -0.3 is 9.80 Å². The van der Waals surface area contributed by atoms with Crippen molar-refractivity contribution in [2.45, 2.75) is 105 Å². The molecule has 0 atom stereocenters. The predicted octanol–water partition coefficient (Wildman–Crippen LogP) is 19.0. The molecular weight excluding hydrogens is 928 g/mol. The van der Waals surface area contributed by atoms with E-state index in [0.717, 1.165) is 0 Å². The van der Waals surface area contributed by atoms with Crippen molar-refractivity contribution in [1.82, 2.24) is 0 Å². The highest BCUT2D eigenvalue weighted by Gasteiger charge is 2.45. The maximum atomic E-state index is 2.69. The Hall–Kier alpha value is -7.88. The first-order chi connectivity index (χ1) is 36.7. The predicted molar refractivity (Wildman–Crippen MR) is 337 cm³/mol. The average Bonchev–Trinajstić information content (AvgIpc) is 3.51. The smallest absolute Gasteiger partial charge is 0.252 e. The maximum absolute atomic E-state index is 2.69. The molecule has 2 heterocycles. The molecule has 2 aliphatic heterocycles. The van der Waals surface area contributed by atoms with Crippen molar-refractivity contribution >= 4 is 122 Å². The van der Waals surface area contributed by atoms with E-state index in [2.05, 4.69) is 281 Å². The molecule has 2 nitrogen and oxygen atoms in total. The van der Waals surface area contributed by atoms with E-state index >= 15 is 0 Å². The van der Waals surface area contributed by atoms with Crippen LogP contribution in [0.1, 0.15) is 105 Å². The van der Waals surface area contributed by atoms with Crippen molar-refractivity contribution in [2.24, 2.45) is 0 Å². The molecule has 14 rings (SSSR count). The molecule has 3 heteroatoms. The van der Waals surface area contributed by atoms with Gasteiger partial charge in [0.2, 0.25) is 0 Å². The van der Waals surface area contributed by atoms with Crippen LogP contribution in [0.3, 0.4) is 0 Å². The van der Waals surface area contributed by atoms with Gasteiger partial charge in [0.25, 0.3) is 6.71 Å². The van der Waals surface area contributed by atoms with Crippen LogP contribution in [0.2, 0.25) is 0 Å². The van der Waals surface area contributed by atoms with Gasteiger partial charge in [-0.2, -0.15) is 0 Å². The highest BCUT2D eigenvalue weighted by Crippen LogP contribution is 2.52. The molecule has 0 saturated carbocycles. The number of hydrogen-bond acceptors (Lipinski definition) is 2. The van der Waals surface area contributed by atoms with E-state index in [0.29, 0.717) is 0 Å². The lowest BCUT2D eigenvalue weighted by Crippen LogP contribution is -2.61. The SMILES string of the molecule is CC(C)(C)c1cc(N2c3cc(-c4ccc5c6cccc7cccc(c8cccc4c85)c76)cc4c3B(c3ccc5ccccc5c32)c2ccc3ccccc3c2N4c2cc(C(C)(C)C)cc(C(C)(C)C)c2)cc(C(C)(C)C)c1. The van der Waals surface area contributed by atoms with Crippen molar-refractivity contribution in [3.05, 3.63) is 210 Å². The van der Waals surface area contributed by atoms with Gasteiger partial charge in [0.05, 0.1) is 0 Å². The Labute approximate surface area is 455 Å². The standard InChI is InChI=1S/C74H67BN2/c1-71(2,3)48-38-49(72(4,5)6)41-52(40-48)76-64-36-47(54-32-33-61-59-27-18-23-46-22-17-26-58(66(46)59)60-29-19-28-57(54)67(60)61)37-65-68(64)75(62-34-30-44-20-13-15-24-55(44)69(62)76)63-35-31-45-21-14-16-25-56(45)70(63)77(65)53-42-50(73(7,8)9)39-51(43-53)74(10,11)12/h13-43H,1-12H3. The summed E-state index contributed by atoms with van der Waals surface area (Å²) in [6.07, 6.45) is 0. The first kappa shape index (κ1) is 47.6. The van der Waals surface area contributed by atoms with Crippen LogP contribution in [0.4, 0.5) is 34.1 Å². The van der Waals surface area contributed by atoms with Gasteiger partial charge in [0.15, 0.2) is 0 Å². The van der Waals surface area contributed by atoms with E-state index in [1.54, 1.807) is 0 Å². The fourth-order valence-corrected chi connectivity index (χ4v) is 13.3. The van der Waals surface area contributed by atoms with E-state index in [1.165, 1.54) is 149 Å². The molecule has 0 aliphatic carbocycles. The van der Waals surface area contributed by atoms with Crippen molar-refractivity contribution in [2.75, 3.05) is 9.80 Å². The van der Waals surface area contributed by atoms with Crippen LogP contribution in [-0.4, -0.2) is 6.71 Å². The number of fused-ring (bicyclic) bond motifs is 10. The summed E-state index contributed by atoms with van der Waals surface area (Å²) in [5.74, 6) is 0. The zero-order chi connectivity index (χ0) is 53.2. The Morgan fingerprint density at radius 3 is 1.14 bits per heavy atom. The number of nitrogens with zero attached hydrogens (tertiary/aromatic N) is 2. The van der Waals surface area contributed by atoms with Gasteiger partial charge in [0, 0.05) is 44.9 Å². The minimum Gasteiger partial charge on any atom is -0.311 e. The van der Waals surface area contributed by atoms with Crippen molar-refractivity contribution in [3.63, 3.8) is 0 Å². The zero-order valence-corrected chi connectivity index (χ0v) is 46.9. The van der Waals surface area contributed by atoms with Gasteiger partial charge in [-0.3, -0.25) is 0 Å². The largest absolute Gasteiger partial charge is 0.311 e.